The summed E-state index contributed by atoms with van der Waals surface area (Å²) in [6.07, 6.45) is 2.71. The molecule has 0 unspecified atom stereocenters. The molecular formula is C10H14O3. The van der Waals surface area contributed by atoms with Crippen molar-refractivity contribution >= 4 is 0 Å². The highest BCUT2D eigenvalue weighted by molar-refractivity contribution is 5.28. The van der Waals surface area contributed by atoms with Gasteiger partial charge in [-0.1, -0.05) is 13.3 Å². The maximum Gasteiger partial charge on any atom is 0.342 e. The number of hydrogen-bond donors (Lipinski definition) is 1. The minimum Gasteiger partial charge on any atom is -0.507 e. The van der Waals surface area contributed by atoms with Crippen molar-refractivity contribution in [3.8, 4) is 5.75 Å². The minimum absolute atomic E-state index is 0.0300. The largest absolute Gasteiger partial charge is 0.507 e. The van der Waals surface area contributed by atoms with Crippen LogP contribution in [-0.4, -0.2) is 5.11 Å². The van der Waals surface area contributed by atoms with Gasteiger partial charge in [0.2, 0.25) is 0 Å². The van der Waals surface area contributed by atoms with Crippen molar-refractivity contribution in [3.63, 3.8) is 0 Å². The lowest BCUT2D eigenvalue weighted by Gasteiger charge is -2.00. The van der Waals surface area contributed by atoms with Crippen LogP contribution in [0.4, 0.5) is 0 Å². The van der Waals surface area contributed by atoms with Crippen molar-refractivity contribution in [2.75, 3.05) is 0 Å². The van der Waals surface area contributed by atoms with Gasteiger partial charge >= 0.3 is 5.63 Å². The molecule has 0 amide bonds. The average Bonchev–Trinajstić information content (AvgIpc) is 2.10. The molecule has 0 aliphatic heterocycles. The van der Waals surface area contributed by atoms with Gasteiger partial charge in [0.05, 0.1) is 5.56 Å². The van der Waals surface area contributed by atoms with E-state index in [9.17, 15) is 9.90 Å². The van der Waals surface area contributed by atoms with E-state index in [1.807, 2.05) is 0 Å². The van der Waals surface area contributed by atoms with Crippen molar-refractivity contribution in [1.29, 1.82) is 0 Å². The van der Waals surface area contributed by atoms with E-state index >= 15 is 0 Å². The van der Waals surface area contributed by atoms with Crippen LogP contribution in [0.1, 0.15) is 31.1 Å². The summed E-state index contributed by atoms with van der Waals surface area (Å²) >= 11 is 0. The number of unbranched alkanes of at least 4 members (excludes halogenated alkanes) is 1. The molecule has 3 nitrogen and oxygen atoms in total. The molecule has 0 aliphatic rings. The predicted octanol–water partition coefficient (Wildman–Crippen LogP) is 2.00. The zero-order valence-corrected chi connectivity index (χ0v) is 7.96. The molecule has 72 valence electrons. The van der Waals surface area contributed by atoms with Crippen LogP contribution >= 0.6 is 0 Å². The lowest BCUT2D eigenvalue weighted by molar-refractivity contribution is 0.413. The zero-order valence-electron chi connectivity index (χ0n) is 7.96. The lowest BCUT2D eigenvalue weighted by atomic mass is 10.2. The molecule has 0 fully saturated rings. The maximum atomic E-state index is 11.1. The van der Waals surface area contributed by atoms with Crippen molar-refractivity contribution in [2.45, 2.75) is 33.1 Å². The van der Waals surface area contributed by atoms with Gasteiger partial charge in [-0.2, -0.15) is 0 Å². The normalized spacial score (nSPS) is 10.3. The summed E-state index contributed by atoms with van der Waals surface area (Å²) in [6.45, 7) is 3.61. The van der Waals surface area contributed by atoms with Crippen LogP contribution in [0.2, 0.25) is 0 Å². The fraction of sp³-hybridized carbons (Fsp3) is 0.500. The second-order valence-corrected chi connectivity index (χ2v) is 3.11. The molecule has 0 bridgehead atoms. The summed E-state index contributed by atoms with van der Waals surface area (Å²) in [5.74, 6) is 0.595. The second kappa shape index (κ2) is 4.12. The molecule has 1 aromatic heterocycles. The molecule has 1 heterocycles. The van der Waals surface area contributed by atoms with Crippen LogP contribution < -0.4 is 5.63 Å². The highest BCUT2D eigenvalue weighted by Gasteiger charge is 2.05. The summed E-state index contributed by atoms with van der Waals surface area (Å²) in [6, 6.07) is 1.52. The third-order valence-electron chi connectivity index (χ3n) is 1.99. The van der Waals surface area contributed by atoms with Gasteiger partial charge in [0.15, 0.2) is 0 Å². The van der Waals surface area contributed by atoms with Crippen molar-refractivity contribution < 1.29 is 9.52 Å². The third kappa shape index (κ3) is 2.34. The topological polar surface area (TPSA) is 50.4 Å². The van der Waals surface area contributed by atoms with Crippen LogP contribution in [0.5, 0.6) is 5.75 Å². The highest BCUT2D eigenvalue weighted by Crippen LogP contribution is 2.14. The molecule has 13 heavy (non-hydrogen) atoms. The number of rotatable bonds is 3. The first-order valence-corrected chi connectivity index (χ1v) is 4.47. The van der Waals surface area contributed by atoms with Gasteiger partial charge in [0.1, 0.15) is 11.5 Å². The van der Waals surface area contributed by atoms with Gasteiger partial charge in [-0.25, -0.2) is 4.79 Å². The lowest BCUT2D eigenvalue weighted by Crippen LogP contribution is -2.04. The summed E-state index contributed by atoms with van der Waals surface area (Å²) in [5, 5.41) is 9.32. The van der Waals surface area contributed by atoms with Crippen LogP contribution in [0.25, 0.3) is 0 Å². The van der Waals surface area contributed by atoms with Gasteiger partial charge in [0, 0.05) is 12.5 Å². The number of aryl methyl sites for hydroxylation is 1. The molecule has 0 saturated heterocycles. The first-order valence-electron chi connectivity index (χ1n) is 4.47. The summed E-state index contributed by atoms with van der Waals surface area (Å²) in [5.41, 5.74) is -0.161. The molecule has 1 rings (SSSR count). The molecule has 0 saturated carbocycles. The van der Waals surface area contributed by atoms with Gasteiger partial charge in [0.25, 0.3) is 0 Å². The average molecular weight is 182 g/mol. The van der Waals surface area contributed by atoms with Crippen molar-refractivity contribution in [1.82, 2.24) is 0 Å². The Bertz CT molecular complexity index is 339. The standard InChI is InChI=1S/C10H14O3/c1-3-4-5-8-6-9(11)7(2)10(12)13-8/h6,11H,3-5H2,1-2H3. The van der Waals surface area contributed by atoms with Crippen LogP contribution in [0, 0.1) is 6.92 Å². The van der Waals surface area contributed by atoms with Crippen LogP contribution in [0.15, 0.2) is 15.3 Å². The molecule has 1 aromatic rings. The third-order valence-corrected chi connectivity index (χ3v) is 1.99. The van der Waals surface area contributed by atoms with E-state index in [0.717, 1.165) is 12.8 Å². The van der Waals surface area contributed by atoms with Gasteiger partial charge in [-0.15, -0.1) is 0 Å². The fourth-order valence-corrected chi connectivity index (χ4v) is 1.06. The van der Waals surface area contributed by atoms with E-state index < -0.39 is 5.63 Å². The Hall–Kier alpha value is -1.25. The molecule has 0 aliphatic carbocycles. The Morgan fingerprint density at radius 1 is 1.54 bits per heavy atom. The van der Waals surface area contributed by atoms with E-state index in [1.54, 1.807) is 6.92 Å². The Morgan fingerprint density at radius 3 is 2.77 bits per heavy atom. The SMILES string of the molecule is CCCCc1cc(O)c(C)c(=O)o1. The second-order valence-electron chi connectivity index (χ2n) is 3.11. The molecule has 0 spiro atoms. The molecule has 3 heteroatoms. The monoisotopic (exact) mass is 182 g/mol. The first-order chi connectivity index (χ1) is 6.15. The number of hydrogen-bond acceptors (Lipinski definition) is 3. The van der Waals surface area contributed by atoms with Gasteiger partial charge in [-0.3, -0.25) is 0 Å². The van der Waals surface area contributed by atoms with Crippen LogP contribution in [0.3, 0.4) is 0 Å². The molecule has 0 radical (unpaired) electrons. The van der Waals surface area contributed by atoms with E-state index in [2.05, 4.69) is 6.92 Å². The van der Waals surface area contributed by atoms with E-state index in [1.165, 1.54) is 6.07 Å². The van der Waals surface area contributed by atoms with Crippen molar-refractivity contribution in [3.05, 3.63) is 27.8 Å². The predicted molar refractivity (Wildman–Crippen MR) is 50.0 cm³/mol. The maximum absolute atomic E-state index is 11.1. The summed E-state index contributed by atoms with van der Waals surface area (Å²) in [4.78, 5) is 11.1. The fourth-order valence-electron chi connectivity index (χ4n) is 1.06. The smallest absolute Gasteiger partial charge is 0.342 e. The van der Waals surface area contributed by atoms with E-state index in [-0.39, 0.29) is 11.3 Å². The van der Waals surface area contributed by atoms with Crippen molar-refractivity contribution in [2.24, 2.45) is 0 Å². The number of aromatic hydroxyl groups is 1. The Balaban J connectivity index is 2.93. The Morgan fingerprint density at radius 2 is 2.23 bits per heavy atom. The first kappa shape index (κ1) is 9.84. The minimum atomic E-state index is -0.439. The highest BCUT2D eigenvalue weighted by atomic mass is 16.4. The quantitative estimate of drug-likeness (QED) is 0.777. The molecular weight excluding hydrogens is 168 g/mol. The molecule has 1 N–H and O–H groups in total. The van der Waals surface area contributed by atoms with E-state index in [0.29, 0.717) is 12.2 Å². The molecule has 0 aromatic carbocycles. The summed E-state index contributed by atoms with van der Waals surface area (Å²) < 4.78 is 4.98. The van der Waals surface area contributed by atoms with Crippen LogP contribution in [-0.2, 0) is 6.42 Å². The van der Waals surface area contributed by atoms with E-state index in [4.69, 9.17) is 4.42 Å². The Kier molecular flexibility index (Phi) is 3.12. The summed E-state index contributed by atoms with van der Waals surface area (Å²) in [7, 11) is 0. The molecule has 0 atom stereocenters. The van der Waals surface area contributed by atoms with Gasteiger partial charge in [-0.05, 0) is 13.3 Å². The Labute approximate surface area is 77.0 Å². The van der Waals surface area contributed by atoms with Gasteiger partial charge < -0.3 is 9.52 Å². The zero-order chi connectivity index (χ0) is 9.84.